The number of aliphatic hydroxyl groups is 1. The van der Waals surface area contributed by atoms with Crippen LogP contribution in [0.5, 0.6) is 17.2 Å². The zero-order chi connectivity index (χ0) is 30.2. The van der Waals surface area contributed by atoms with Crippen molar-refractivity contribution in [1.82, 2.24) is 20.9 Å². The van der Waals surface area contributed by atoms with Gasteiger partial charge in [0.25, 0.3) is 0 Å². The Balaban J connectivity index is 1.18. The minimum atomic E-state index is -0.915. The van der Waals surface area contributed by atoms with E-state index in [9.17, 15) is 14.7 Å². The Morgan fingerprint density at radius 2 is 2.02 bits per heavy atom. The van der Waals surface area contributed by atoms with Crippen LogP contribution in [-0.2, 0) is 9.59 Å². The van der Waals surface area contributed by atoms with E-state index in [4.69, 9.17) is 14.2 Å². The Hall–Kier alpha value is -4.22. The Kier molecular flexibility index (Phi) is 10.1. The minimum absolute atomic E-state index is 0.00872. The number of methoxy groups -OCH3 is 1. The number of rotatable bonds is 10. The van der Waals surface area contributed by atoms with Crippen molar-refractivity contribution < 1.29 is 33.3 Å². The third kappa shape index (κ3) is 7.79. The van der Waals surface area contributed by atoms with Crippen LogP contribution in [0.1, 0.15) is 32.1 Å². The van der Waals surface area contributed by atoms with Crippen molar-refractivity contribution in [2.75, 3.05) is 33.4 Å². The van der Waals surface area contributed by atoms with Crippen molar-refractivity contribution in [2.24, 2.45) is 5.92 Å². The van der Waals surface area contributed by atoms with E-state index < -0.39 is 29.8 Å². The first-order valence-corrected chi connectivity index (χ1v) is 14.6. The van der Waals surface area contributed by atoms with Crippen LogP contribution in [0, 0.1) is 5.92 Å². The first-order valence-electron chi connectivity index (χ1n) is 14.6. The second-order valence-electron chi connectivity index (χ2n) is 10.8. The molecule has 43 heavy (non-hydrogen) atoms. The quantitative estimate of drug-likeness (QED) is 0.309. The molecule has 1 aromatic heterocycles. The fourth-order valence-corrected chi connectivity index (χ4v) is 5.24. The van der Waals surface area contributed by atoms with Gasteiger partial charge < -0.3 is 35.3 Å². The second-order valence-corrected chi connectivity index (χ2v) is 10.8. The van der Waals surface area contributed by atoms with Crippen molar-refractivity contribution in [3.05, 3.63) is 71.9 Å². The summed E-state index contributed by atoms with van der Waals surface area (Å²) >= 11 is 0. The van der Waals surface area contributed by atoms with Gasteiger partial charge in [0.05, 0.1) is 31.4 Å². The Morgan fingerprint density at radius 1 is 1.19 bits per heavy atom. The van der Waals surface area contributed by atoms with E-state index >= 15 is 4.39 Å². The van der Waals surface area contributed by atoms with Gasteiger partial charge in [-0.25, -0.2) is 4.39 Å². The predicted molar refractivity (Wildman–Crippen MR) is 159 cm³/mol. The summed E-state index contributed by atoms with van der Waals surface area (Å²) in [6.07, 6.45) is 12.8. The SMILES string of the molecule is COc1cc2c(OC3=C(F)C[C@@H](NC(=O)C(=O)NCC(O)C4=CC=CCC4)C=C3)ccnc2cc1OCC1CCNCC1. The van der Waals surface area contributed by atoms with Crippen LogP contribution in [0.2, 0.25) is 0 Å². The van der Waals surface area contributed by atoms with Crippen LogP contribution < -0.4 is 30.2 Å². The molecule has 4 N–H and O–H groups in total. The van der Waals surface area contributed by atoms with Gasteiger partial charge in [-0.15, -0.1) is 0 Å². The number of nitrogens with zero attached hydrogens (tertiary/aromatic N) is 1. The molecule has 2 heterocycles. The molecule has 2 atom stereocenters. The summed E-state index contributed by atoms with van der Waals surface area (Å²) in [6.45, 7) is 2.46. The van der Waals surface area contributed by atoms with E-state index in [1.807, 2.05) is 12.2 Å². The van der Waals surface area contributed by atoms with Gasteiger partial charge in [0.1, 0.15) is 11.6 Å². The maximum Gasteiger partial charge on any atom is 0.309 e. The van der Waals surface area contributed by atoms with Gasteiger partial charge in [0.15, 0.2) is 17.3 Å². The predicted octanol–water partition coefficient (Wildman–Crippen LogP) is 3.38. The molecule has 1 fully saturated rings. The number of nitrogens with one attached hydrogen (secondary N) is 3. The summed E-state index contributed by atoms with van der Waals surface area (Å²) in [5.74, 6) is -0.452. The van der Waals surface area contributed by atoms with Crippen molar-refractivity contribution in [3.63, 3.8) is 0 Å². The van der Waals surface area contributed by atoms with Gasteiger partial charge in [-0.2, -0.15) is 0 Å². The highest BCUT2D eigenvalue weighted by Gasteiger charge is 2.24. The molecule has 0 radical (unpaired) electrons. The highest BCUT2D eigenvalue weighted by Crippen LogP contribution is 2.37. The molecule has 228 valence electrons. The number of carbonyl (C=O) groups excluding carboxylic acids is 2. The molecule has 5 rings (SSSR count). The van der Waals surface area contributed by atoms with Gasteiger partial charge >= 0.3 is 11.8 Å². The molecule has 10 nitrogen and oxygen atoms in total. The molecule has 2 aliphatic carbocycles. The molecule has 0 bridgehead atoms. The lowest BCUT2D eigenvalue weighted by atomic mass is 9.99. The van der Waals surface area contributed by atoms with Crippen molar-refractivity contribution in [2.45, 2.75) is 44.2 Å². The first-order chi connectivity index (χ1) is 20.9. The van der Waals surface area contributed by atoms with Gasteiger partial charge in [-0.05, 0) is 68.5 Å². The highest BCUT2D eigenvalue weighted by molar-refractivity contribution is 6.35. The lowest BCUT2D eigenvalue weighted by Gasteiger charge is -2.23. The van der Waals surface area contributed by atoms with Crippen LogP contribution >= 0.6 is 0 Å². The fraction of sp³-hybridized carbons (Fsp3) is 0.406. The van der Waals surface area contributed by atoms with Crippen LogP contribution in [0.15, 0.2) is 71.9 Å². The third-order valence-corrected chi connectivity index (χ3v) is 7.74. The summed E-state index contributed by atoms with van der Waals surface area (Å²) in [5, 5.41) is 19.1. The molecule has 11 heteroatoms. The number of aliphatic hydroxyl groups excluding tert-OH is 1. The molecule has 1 saturated heterocycles. The van der Waals surface area contributed by atoms with E-state index in [1.54, 1.807) is 43.7 Å². The van der Waals surface area contributed by atoms with Crippen LogP contribution in [0.4, 0.5) is 4.39 Å². The van der Waals surface area contributed by atoms with Crippen molar-refractivity contribution >= 4 is 22.7 Å². The smallest absolute Gasteiger partial charge is 0.309 e. The Morgan fingerprint density at radius 3 is 2.77 bits per heavy atom. The largest absolute Gasteiger partial charge is 0.493 e. The molecule has 3 aliphatic rings. The van der Waals surface area contributed by atoms with Gasteiger partial charge in [-0.3, -0.25) is 14.6 Å². The second kappa shape index (κ2) is 14.3. The number of allylic oxidation sites excluding steroid dienone is 4. The molecular weight excluding hydrogens is 555 g/mol. The standard InChI is InChI=1S/C32H37FN4O6/c1-41-29-16-23-25(17-30(29)42-19-20-9-12-34-13-10-20)35-14-11-27(23)43-28-8-7-22(15-24(28)33)37-32(40)31(39)36-18-26(38)21-5-3-2-4-6-21/h2-3,5,7-8,11,14,16-17,20,22,26,34,38H,4,6,9-10,12-13,15,18-19H2,1H3,(H,36,39)(H,37,40)/t22-,26?/m0/s1. The molecular formula is C32H37FN4O6. The van der Waals surface area contributed by atoms with E-state index in [1.165, 1.54) is 6.08 Å². The summed E-state index contributed by atoms with van der Waals surface area (Å²) in [4.78, 5) is 29.1. The van der Waals surface area contributed by atoms with E-state index in [-0.39, 0.29) is 18.7 Å². The summed E-state index contributed by atoms with van der Waals surface area (Å²) < 4.78 is 32.7. The molecule has 2 aromatic rings. The van der Waals surface area contributed by atoms with Crippen molar-refractivity contribution in [1.29, 1.82) is 0 Å². The molecule has 1 unspecified atom stereocenters. The summed E-state index contributed by atoms with van der Waals surface area (Å²) in [6, 6.07) is 4.45. The number of aromatic nitrogens is 1. The summed E-state index contributed by atoms with van der Waals surface area (Å²) in [5.41, 5.74) is 1.40. The average Bonchev–Trinajstić information content (AvgIpc) is 3.04. The fourth-order valence-electron chi connectivity index (χ4n) is 5.24. The number of piperidine rings is 1. The molecule has 1 aromatic carbocycles. The summed E-state index contributed by atoms with van der Waals surface area (Å²) in [7, 11) is 1.56. The van der Waals surface area contributed by atoms with Gasteiger partial charge in [0, 0.05) is 30.6 Å². The normalized spacial score (nSPS) is 19.5. The number of hydrogen-bond acceptors (Lipinski definition) is 8. The lowest BCUT2D eigenvalue weighted by Crippen LogP contribution is -2.46. The number of benzene rings is 1. The van der Waals surface area contributed by atoms with Crippen LogP contribution in [0.25, 0.3) is 10.9 Å². The number of ether oxygens (including phenoxy) is 3. The van der Waals surface area contributed by atoms with Crippen LogP contribution in [-0.4, -0.2) is 67.4 Å². The average molecular weight is 593 g/mol. The number of halogens is 1. The topological polar surface area (TPSA) is 131 Å². The number of pyridine rings is 1. The highest BCUT2D eigenvalue weighted by atomic mass is 19.1. The van der Waals surface area contributed by atoms with Crippen molar-refractivity contribution in [3.8, 4) is 17.2 Å². The van der Waals surface area contributed by atoms with Gasteiger partial charge in [-0.1, -0.05) is 24.3 Å². The Bertz CT molecular complexity index is 1460. The number of amides is 2. The third-order valence-electron chi connectivity index (χ3n) is 7.74. The number of fused-ring (bicyclic) bond motifs is 1. The lowest BCUT2D eigenvalue weighted by molar-refractivity contribution is -0.139. The van der Waals surface area contributed by atoms with E-state index in [2.05, 4.69) is 20.9 Å². The number of carbonyl (C=O) groups is 2. The molecule has 0 spiro atoms. The minimum Gasteiger partial charge on any atom is -0.493 e. The maximum absolute atomic E-state index is 15.1. The van der Waals surface area contributed by atoms with Crippen LogP contribution in [0.3, 0.4) is 0 Å². The molecule has 2 amide bonds. The Labute approximate surface area is 249 Å². The van der Waals surface area contributed by atoms with Gasteiger partial charge in [0.2, 0.25) is 0 Å². The zero-order valence-electron chi connectivity index (χ0n) is 24.1. The monoisotopic (exact) mass is 592 g/mol. The molecule has 1 aliphatic heterocycles. The van der Waals surface area contributed by atoms with E-state index in [0.29, 0.717) is 47.1 Å². The first kappa shape index (κ1) is 30.2. The maximum atomic E-state index is 15.1. The molecule has 0 saturated carbocycles. The van der Waals surface area contributed by atoms with E-state index in [0.717, 1.165) is 37.9 Å². The zero-order valence-corrected chi connectivity index (χ0v) is 24.1. The number of hydrogen-bond donors (Lipinski definition) is 4.